The van der Waals surface area contributed by atoms with Crippen LogP contribution in [0.4, 0.5) is 4.39 Å². The van der Waals surface area contributed by atoms with Crippen molar-refractivity contribution in [3.63, 3.8) is 0 Å². The van der Waals surface area contributed by atoms with Crippen LogP contribution >= 0.6 is 30.1 Å². The maximum Gasteiger partial charge on any atom is 0.173 e. The molecular formula is C7H3FINOS. The summed E-state index contributed by atoms with van der Waals surface area (Å²) in [6.07, 6.45) is 1.18. The lowest BCUT2D eigenvalue weighted by Crippen LogP contribution is -1.75. The van der Waals surface area contributed by atoms with Crippen LogP contribution in [-0.4, -0.2) is 4.98 Å². The summed E-state index contributed by atoms with van der Waals surface area (Å²) in [7, 11) is 1.44. The van der Waals surface area contributed by atoms with E-state index in [4.69, 9.17) is 4.42 Å². The van der Waals surface area contributed by atoms with Crippen LogP contribution in [0.3, 0.4) is 0 Å². The Balaban J connectivity index is 2.67. The Morgan fingerprint density at radius 3 is 3.08 bits per heavy atom. The maximum atomic E-state index is 12.6. The summed E-state index contributed by atoms with van der Waals surface area (Å²) < 4.78 is 17.9. The summed E-state index contributed by atoms with van der Waals surface area (Å²) in [6, 6.07) is 3.12. The summed E-state index contributed by atoms with van der Waals surface area (Å²) in [4.78, 5) is 3.86. The second-order valence-electron chi connectivity index (χ2n) is 2.18. The molecule has 0 aliphatic rings. The fourth-order valence-electron chi connectivity index (χ4n) is 0.909. The first-order valence-corrected chi connectivity index (χ1v) is 6.49. The molecule has 0 aromatic carbocycles. The standard InChI is InChI=1S/C7H3FINOS/c8-4-1-6-5(10-3-4)2-7(11-6)12-9/h1-3H. The molecule has 0 saturated carbocycles. The molecule has 0 unspecified atom stereocenters. The molecular weight excluding hydrogens is 292 g/mol. The van der Waals surface area contributed by atoms with Crippen molar-refractivity contribution in [1.29, 1.82) is 0 Å². The number of furan rings is 1. The Bertz CT molecular complexity index is 417. The van der Waals surface area contributed by atoms with Gasteiger partial charge in [-0.1, -0.05) is 0 Å². The summed E-state index contributed by atoms with van der Waals surface area (Å²) >= 11 is 2.10. The van der Waals surface area contributed by atoms with Crippen molar-refractivity contribution >= 4 is 41.2 Å². The molecule has 0 amide bonds. The molecule has 0 bridgehead atoms. The Labute approximate surface area is 84.1 Å². The van der Waals surface area contributed by atoms with Crippen LogP contribution in [0.25, 0.3) is 11.1 Å². The van der Waals surface area contributed by atoms with Crippen molar-refractivity contribution in [2.24, 2.45) is 0 Å². The highest BCUT2D eigenvalue weighted by Crippen LogP contribution is 2.30. The van der Waals surface area contributed by atoms with Crippen LogP contribution in [0, 0.1) is 5.82 Å². The minimum Gasteiger partial charge on any atom is -0.447 e. The summed E-state index contributed by atoms with van der Waals surface area (Å²) in [5.41, 5.74) is 1.18. The molecule has 5 heteroatoms. The molecule has 0 radical (unpaired) electrons. The Morgan fingerprint density at radius 1 is 1.50 bits per heavy atom. The van der Waals surface area contributed by atoms with Gasteiger partial charge in [0, 0.05) is 33.3 Å². The van der Waals surface area contributed by atoms with Crippen molar-refractivity contribution in [2.75, 3.05) is 0 Å². The Kier molecular flexibility index (Phi) is 2.22. The van der Waals surface area contributed by atoms with Crippen molar-refractivity contribution in [3.8, 4) is 0 Å². The number of nitrogens with zero attached hydrogens (tertiary/aromatic N) is 1. The van der Waals surface area contributed by atoms with E-state index in [0.717, 1.165) is 5.09 Å². The first kappa shape index (κ1) is 8.31. The molecule has 0 spiro atoms. The monoisotopic (exact) mass is 295 g/mol. The normalized spacial score (nSPS) is 10.8. The molecule has 0 N–H and O–H groups in total. The third-order valence-corrected chi connectivity index (χ3v) is 3.04. The summed E-state index contributed by atoms with van der Waals surface area (Å²) in [5, 5.41) is 0.740. The number of pyridine rings is 1. The summed E-state index contributed by atoms with van der Waals surface area (Å²) in [5.74, 6) is -0.373. The van der Waals surface area contributed by atoms with Gasteiger partial charge in [0.1, 0.15) is 11.3 Å². The average Bonchev–Trinajstić information content (AvgIpc) is 2.46. The predicted molar refractivity (Wildman–Crippen MR) is 53.8 cm³/mol. The van der Waals surface area contributed by atoms with E-state index in [1.807, 2.05) is 0 Å². The zero-order valence-electron chi connectivity index (χ0n) is 5.75. The van der Waals surface area contributed by atoms with E-state index < -0.39 is 0 Å². The zero-order valence-corrected chi connectivity index (χ0v) is 8.73. The fourth-order valence-corrected chi connectivity index (χ4v) is 1.84. The first-order valence-electron chi connectivity index (χ1n) is 3.13. The lowest BCUT2D eigenvalue weighted by Gasteiger charge is -1.85. The molecule has 2 heterocycles. The third kappa shape index (κ3) is 1.42. The van der Waals surface area contributed by atoms with Gasteiger partial charge in [-0.05, 0) is 8.93 Å². The van der Waals surface area contributed by atoms with E-state index in [1.165, 1.54) is 21.2 Å². The molecule has 2 rings (SSSR count). The second kappa shape index (κ2) is 3.21. The highest BCUT2D eigenvalue weighted by molar-refractivity contribution is 14.2. The van der Waals surface area contributed by atoms with Crippen LogP contribution < -0.4 is 0 Å². The average molecular weight is 295 g/mol. The molecule has 0 saturated heterocycles. The largest absolute Gasteiger partial charge is 0.447 e. The molecule has 0 fully saturated rings. The number of aromatic nitrogens is 1. The SMILES string of the molecule is Fc1cnc2cc(SI)oc2c1. The topological polar surface area (TPSA) is 26.0 Å². The van der Waals surface area contributed by atoms with Gasteiger partial charge in [-0.3, -0.25) is 0 Å². The van der Waals surface area contributed by atoms with Gasteiger partial charge in [-0.2, -0.15) is 0 Å². The van der Waals surface area contributed by atoms with Crippen molar-refractivity contribution in [1.82, 2.24) is 4.98 Å². The number of rotatable bonds is 1. The zero-order chi connectivity index (χ0) is 8.55. The second-order valence-corrected chi connectivity index (χ2v) is 4.06. The van der Waals surface area contributed by atoms with Gasteiger partial charge in [-0.25, -0.2) is 9.37 Å². The highest BCUT2D eigenvalue weighted by atomic mass is 127. The molecule has 62 valence electrons. The van der Waals surface area contributed by atoms with Crippen LogP contribution in [-0.2, 0) is 0 Å². The summed E-state index contributed by atoms with van der Waals surface area (Å²) in [6.45, 7) is 0. The quantitative estimate of drug-likeness (QED) is 0.754. The lowest BCUT2D eigenvalue weighted by molar-refractivity contribution is 0.513. The van der Waals surface area contributed by atoms with Crippen molar-refractivity contribution in [2.45, 2.75) is 5.09 Å². The number of halogens is 2. The van der Waals surface area contributed by atoms with Crippen LogP contribution in [0.5, 0.6) is 0 Å². The predicted octanol–water partition coefficient (Wildman–Crippen LogP) is 3.41. The van der Waals surface area contributed by atoms with E-state index in [2.05, 4.69) is 26.2 Å². The number of fused-ring (bicyclic) bond motifs is 1. The molecule has 2 aromatic heterocycles. The first-order chi connectivity index (χ1) is 5.79. The van der Waals surface area contributed by atoms with Crippen LogP contribution in [0.15, 0.2) is 27.8 Å². The lowest BCUT2D eigenvalue weighted by atomic mass is 10.4. The van der Waals surface area contributed by atoms with Crippen LogP contribution in [0.1, 0.15) is 0 Å². The number of hydrogen-bond donors (Lipinski definition) is 0. The Hall–Kier alpha value is -0.300. The fraction of sp³-hybridized carbons (Fsp3) is 0. The number of hydrogen-bond acceptors (Lipinski definition) is 3. The Morgan fingerprint density at radius 2 is 2.33 bits per heavy atom. The van der Waals surface area contributed by atoms with Gasteiger partial charge in [0.2, 0.25) is 0 Å². The minimum absolute atomic E-state index is 0.373. The molecule has 0 aliphatic heterocycles. The van der Waals surface area contributed by atoms with E-state index in [0.29, 0.717) is 11.1 Å². The van der Waals surface area contributed by atoms with Crippen LogP contribution in [0.2, 0.25) is 0 Å². The van der Waals surface area contributed by atoms with E-state index in [1.54, 1.807) is 6.07 Å². The third-order valence-electron chi connectivity index (χ3n) is 1.39. The van der Waals surface area contributed by atoms with E-state index in [-0.39, 0.29) is 5.82 Å². The smallest absolute Gasteiger partial charge is 0.173 e. The maximum absolute atomic E-state index is 12.6. The van der Waals surface area contributed by atoms with Gasteiger partial charge in [0.15, 0.2) is 10.7 Å². The van der Waals surface area contributed by atoms with Crippen molar-refractivity contribution < 1.29 is 8.81 Å². The molecule has 2 nitrogen and oxygen atoms in total. The van der Waals surface area contributed by atoms with Gasteiger partial charge >= 0.3 is 0 Å². The van der Waals surface area contributed by atoms with Gasteiger partial charge < -0.3 is 4.42 Å². The highest BCUT2D eigenvalue weighted by Gasteiger charge is 2.04. The van der Waals surface area contributed by atoms with E-state index in [9.17, 15) is 4.39 Å². The van der Waals surface area contributed by atoms with Gasteiger partial charge in [0.25, 0.3) is 0 Å². The van der Waals surface area contributed by atoms with Gasteiger partial charge in [-0.15, -0.1) is 0 Å². The molecule has 0 aliphatic carbocycles. The van der Waals surface area contributed by atoms with Crippen molar-refractivity contribution in [3.05, 3.63) is 24.1 Å². The molecule has 0 atom stereocenters. The van der Waals surface area contributed by atoms with Gasteiger partial charge in [0.05, 0.1) is 6.20 Å². The van der Waals surface area contributed by atoms with E-state index >= 15 is 0 Å². The molecule has 2 aromatic rings. The minimum atomic E-state index is -0.373. The molecule has 12 heavy (non-hydrogen) atoms.